The standard InChI is InChI=1S/C21H19N3O6/c1-12-17(5-2-6-18(12)24(28)29)22-19(25)13-7-8-15-16(10-13)21(27)23(20(15)26)11-14-4-3-9-30-14/h2,5-8,10,14H,3-4,9,11H2,1H3,(H,22,25). The maximum Gasteiger partial charge on any atom is 0.274 e. The van der Waals surface area contributed by atoms with Gasteiger partial charge in [0.15, 0.2) is 0 Å². The van der Waals surface area contributed by atoms with E-state index in [4.69, 9.17) is 4.74 Å². The van der Waals surface area contributed by atoms with E-state index in [0.717, 1.165) is 17.7 Å². The van der Waals surface area contributed by atoms with Crippen LogP contribution in [0.5, 0.6) is 0 Å². The van der Waals surface area contributed by atoms with Gasteiger partial charge in [0.05, 0.1) is 39.9 Å². The number of carbonyl (C=O) groups excluding carboxylic acids is 3. The zero-order chi connectivity index (χ0) is 21.4. The first-order valence-electron chi connectivity index (χ1n) is 9.54. The predicted octanol–water partition coefficient (Wildman–Crippen LogP) is 2.93. The molecule has 0 spiro atoms. The number of imide groups is 1. The van der Waals surface area contributed by atoms with Crippen LogP contribution in [0.2, 0.25) is 0 Å². The van der Waals surface area contributed by atoms with Crippen molar-refractivity contribution in [1.82, 2.24) is 4.90 Å². The number of ether oxygens (including phenoxy) is 1. The lowest BCUT2D eigenvalue weighted by molar-refractivity contribution is -0.385. The molecule has 4 rings (SSSR count). The summed E-state index contributed by atoms with van der Waals surface area (Å²) in [5.41, 5.74) is 1.12. The fourth-order valence-corrected chi connectivity index (χ4v) is 3.74. The summed E-state index contributed by atoms with van der Waals surface area (Å²) in [6.45, 7) is 2.36. The molecule has 9 nitrogen and oxygen atoms in total. The van der Waals surface area contributed by atoms with E-state index in [-0.39, 0.29) is 35.0 Å². The van der Waals surface area contributed by atoms with Gasteiger partial charge in [-0.15, -0.1) is 0 Å². The van der Waals surface area contributed by atoms with Gasteiger partial charge in [0, 0.05) is 18.2 Å². The van der Waals surface area contributed by atoms with Crippen molar-refractivity contribution in [3.63, 3.8) is 0 Å². The third-order valence-electron chi connectivity index (χ3n) is 5.39. The summed E-state index contributed by atoms with van der Waals surface area (Å²) in [6.07, 6.45) is 1.53. The summed E-state index contributed by atoms with van der Waals surface area (Å²) in [7, 11) is 0. The summed E-state index contributed by atoms with van der Waals surface area (Å²) in [5.74, 6) is -1.38. The first kappa shape index (κ1) is 19.7. The number of nitro groups is 1. The molecule has 0 bridgehead atoms. The van der Waals surface area contributed by atoms with Crippen LogP contribution in [0.4, 0.5) is 11.4 Å². The van der Waals surface area contributed by atoms with E-state index < -0.39 is 22.6 Å². The average Bonchev–Trinajstić information content (AvgIpc) is 3.32. The summed E-state index contributed by atoms with van der Waals surface area (Å²) in [4.78, 5) is 49.8. The van der Waals surface area contributed by atoms with Gasteiger partial charge in [-0.1, -0.05) is 6.07 Å². The third-order valence-corrected chi connectivity index (χ3v) is 5.39. The number of benzene rings is 2. The molecule has 1 saturated heterocycles. The Kier molecular flexibility index (Phi) is 5.04. The molecule has 9 heteroatoms. The van der Waals surface area contributed by atoms with E-state index in [9.17, 15) is 24.5 Å². The van der Waals surface area contributed by atoms with Crippen LogP contribution in [0.1, 0.15) is 49.5 Å². The number of amides is 3. The van der Waals surface area contributed by atoms with Gasteiger partial charge in [-0.25, -0.2) is 0 Å². The first-order chi connectivity index (χ1) is 14.4. The number of hydrogen-bond donors (Lipinski definition) is 1. The highest BCUT2D eigenvalue weighted by Crippen LogP contribution is 2.28. The number of nitrogens with zero attached hydrogens (tertiary/aromatic N) is 2. The Balaban J connectivity index is 1.55. The van der Waals surface area contributed by atoms with Crippen LogP contribution in [0.3, 0.4) is 0 Å². The summed E-state index contributed by atoms with van der Waals surface area (Å²) >= 11 is 0. The van der Waals surface area contributed by atoms with Crippen LogP contribution >= 0.6 is 0 Å². The minimum absolute atomic E-state index is 0.104. The van der Waals surface area contributed by atoms with E-state index in [2.05, 4.69) is 5.32 Å². The molecule has 1 fully saturated rings. The highest BCUT2D eigenvalue weighted by atomic mass is 16.6. The topological polar surface area (TPSA) is 119 Å². The fourth-order valence-electron chi connectivity index (χ4n) is 3.74. The Morgan fingerprint density at radius 1 is 1.23 bits per heavy atom. The van der Waals surface area contributed by atoms with E-state index in [1.807, 2.05) is 0 Å². The molecule has 2 aromatic carbocycles. The van der Waals surface area contributed by atoms with Crippen LogP contribution < -0.4 is 5.32 Å². The quantitative estimate of drug-likeness (QED) is 0.461. The minimum atomic E-state index is -0.528. The molecule has 0 saturated carbocycles. The van der Waals surface area contributed by atoms with Crippen LogP contribution in [-0.2, 0) is 4.74 Å². The molecule has 0 radical (unpaired) electrons. The highest BCUT2D eigenvalue weighted by molar-refractivity contribution is 6.22. The van der Waals surface area contributed by atoms with Gasteiger partial charge in [-0.3, -0.25) is 29.4 Å². The largest absolute Gasteiger partial charge is 0.376 e. The smallest absolute Gasteiger partial charge is 0.274 e. The molecule has 2 aliphatic heterocycles. The highest BCUT2D eigenvalue weighted by Gasteiger charge is 2.38. The van der Waals surface area contributed by atoms with Crippen LogP contribution in [-0.4, -0.2) is 46.8 Å². The summed E-state index contributed by atoms with van der Waals surface area (Å²) in [5, 5.41) is 13.7. The van der Waals surface area contributed by atoms with Crippen molar-refractivity contribution in [2.45, 2.75) is 25.9 Å². The predicted molar refractivity (Wildman–Crippen MR) is 107 cm³/mol. The van der Waals surface area contributed by atoms with Crippen molar-refractivity contribution < 1.29 is 24.0 Å². The zero-order valence-electron chi connectivity index (χ0n) is 16.2. The Labute approximate surface area is 171 Å². The van der Waals surface area contributed by atoms with Gasteiger partial charge in [-0.05, 0) is 44.0 Å². The lowest BCUT2D eigenvalue weighted by Gasteiger charge is -2.17. The molecule has 3 amide bonds. The number of fused-ring (bicyclic) bond motifs is 1. The molecule has 2 aliphatic rings. The van der Waals surface area contributed by atoms with Gasteiger partial charge < -0.3 is 10.1 Å². The SMILES string of the molecule is Cc1c(NC(=O)c2ccc3c(c2)C(=O)N(CC2CCCO2)C3=O)cccc1[N+](=O)[O-]. The van der Waals surface area contributed by atoms with E-state index in [1.165, 1.54) is 30.3 Å². The van der Waals surface area contributed by atoms with Gasteiger partial charge in [0.25, 0.3) is 23.4 Å². The normalized spacial score (nSPS) is 17.9. The van der Waals surface area contributed by atoms with Crippen molar-refractivity contribution in [3.8, 4) is 0 Å². The minimum Gasteiger partial charge on any atom is -0.376 e. The number of hydrogen-bond acceptors (Lipinski definition) is 6. The van der Waals surface area contributed by atoms with Crippen molar-refractivity contribution in [3.05, 3.63) is 68.8 Å². The average molecular weight is 409 g/mol. The molecule has 2 heterocycles. The van der Waals surface area contributed by atoms with Gasteiger partial charge in [-0.2, -0.15) is 0 Å². The molecule has 1 N–H and O–H groups in total. The number of nitro benzene ring substituents is 1. The van der Waals surface area contributed by atoms with Crippen LogP contribution in [0.25, 0.3) is 0 Å². The molecule has 0 aliphatic carbocycles. The molecule has 154 valence electrons. The van der Waals surface area contributed by atoms with E-state index in [1.54, 1.807) is 13.0 Å². The summed E-state index contributed by atoms with van der Waals surface area (Å²) < 4.78 is 5.52. The Morgan fingerprint density at radius 2 is 2.00 bits per heavy atom. The Bertz CT molecular complexity index is 1070. The molecular weight excluding hydrogens is 390 g/mol. The molecule has 30 heavy (non-hydrogen) atoms. The Morgan fingerprint density at radius 3 is 2.70 bits per heavy atom. The molecule has 1 atom stereocenters. The van der Waals surface area contributed by atoms with E-state index >= 15 is 0 Å². The lowest BCUT2D eigenvalue weighted by atomic mass is 10.0. The zero-order valence-corrected chi connectivity index (χ0v) is 16.2. The second-order valence-corrected chi connectivity index (χ2v) is 7.28. The van der Waals surface area contributed by atoms with Crippen molar-refractivity contribution in [2.75, 3.05) is 18.5 Å². The second-order valence-electron chi connectivity index (χ2n) is 7.28. The first-order valence-corrected chi connectivity index (χ1v) is 9.54. The maximum absolute atomic E-state index is 12.7. The number of nitrogens with one attached hydrogen (secondary N) is 1. The lowest BCUT2D eigenvalue weighted by Crippen LogP contribution is -2.36. The van der Waals surface area contributed by atoms with Gasteiger partial charge >= 0.3 is 0 Å². The molecular formula is C21H19N3O6. The second kappa shape index (κ2) is 7.68. The molecule has 0 aromatic heterocycles. The molecule has 2 aromatic rings. The van der Waals surface area contributed by atoms with Crippen molar-refractivity contribution in [2.24, 2.45) is 0 Å². The van der Waals surface area contributed by atoms with Crippen molar-refractivity contribution >= 4 is 29.1 Å². The fraction of sp³-hybridized carbons (Fsp3) is 0.286. The maximum atomic E-state index is 12.7. The summed E-state index contributed by atoms with van der Waals surface area (Å²) in [6, 6.07) is 8.70. The van der Waals surface area contributed by atoms with Crippen molar-refractivity contribution in [1.29, 1.82) is 0 Å². The molecule has 1 unspecified atom stereocenters. The number of anilines is 1. The monoisotopic (exact) mass is 409 g/mol. The third kappa shape index (κ3) is 3.43. The Hall–Kier alpha value is -3.59. The van der Waals surface area contributed by atoms with Crippen LogP contribution in [0.15, 0.2) is 36.4 Å². The van der Waals surface area contributed by atoms with E-state index in [0.29, 0.717) is 17.9 Å². The number of carbonyl (C=O) groups is 3. The number of rotatable bonds is 5. The van der Waals surface area contributed by atoms with Gasteiger partial charge in [0.2, 0.25) is 0 Å². The van der Waals surface area contributed by atoms with Gasteiger partial charge in [0.1, 0.15) is 0 Å². The van der Waals surface area contributed by atoms with Crippen LogP contribution in [0, 0.1) is 17.0 Å².